The van der Waals surface area contributed by atoms with E-state index in [1.165, 1.54) is 0 Å². The molecule has 0 aromatic heterocycles. The van der Waals surface area contributed by atoms with Crippen LogP contribution >= 0.6 is 0 Å². The fourth-order valence-electron chi connectivity index (χ4n) is 2.87. The van der Waals surface area contributed by atoms with E-state index in [4.69, 9.17) is 0 Å². The summed E-state index contributed by atoms with van der Waals surface area (Å²) in [5.74, 6) is -0.692. The summed E-state index contributed by atoms with van der Waals surface area (Å²) in [6, 6.07) is 0. The third-order valence-corrected chi connectivity index (χ3v) is 5.05. The summed E-state index contributed by atoms with van der Waals surface area (Å²) in [6.45, 7) is 9.28. The highest BCUT2D eigenvalue weighted by Crippen LogP contribution is 2.12. The minimum atomic E-state index is -1.74. The number of aliphatic hydroxyl groups excluding tert-OH is 2. The molecule has 0 aliphatic heterocycles. The van der Waals surface area contributed by atoms with Gasteiger partial charge in [0, 0.05) is 13.1 Å². The summed E-state index contributed by atoms with van der Waals surface area (Å²) in [6.07, 6.45) is 4.82. The van der Waals surface area contributed by atoms with Gasteiger partial charge in [0.25, 0.3) is 11.8 Å². The maximum absolute atomic E-state index is 12.0. The average Bonchev–Trinajstić information content (AvgIpc) is 2.66. The molecule has 0 radical (unpaired) electrons. The predicted octanol–water partition coefficient (Wildman–Crippen LogP) is 2.37. The minimum absolute atomic E-state index is 0.348. The second kappa shape index (κ2) is 15.0. The number of rotatable bonds is 15. The maximum Gasteiger partial charge on any atom is 0.252 e. The van der Waals surface area contributed by atoms with Gasteiger partial charge in [-0.3, -0.25) is 9.59 Å². The highest BCUT2D eigenvalue weighted by molar-refractivity contribution is 5.90. The number of carbonyl (C=O) groups is 2. The van der Waals surface area contributed by atoms with Crippen LogP contribution in [0, 0.1) is 11.8 Å². The molecule has 0 aromatic carbocycles. The Labute approximate surface area is 159 Å². The normalized spacial score (nSPS) is 15.8. The summed E-state index contributed by atoms with van der Waals surface area (Å²) in [5, 5.41) is 25.2. The summed E-state index contributed by atoms with van der Waals surface area (Å²) >= 11 is 0. The zero-order valence-electron chi connectivity index (χ0n) is 17.1. The van der Waals surface area contributed by atoms with Crippen LogP contribution < -0.4 is 10.6 Å². The topological polar surface area (TPSA) is 98.7 Å². The molecule has 6 nitrogen and oxygen atoms in total. The van der Waals surface area contributed by atoms with Crippen LogP contribution in [0.15, 0.2) is 0 Å². The molecule has 154 valence electrons. The van der Waals surface area contributed by atoms with Crippen LogP contribution in [-0.2, 0) is 9.59 Å². The Bertz CT molecular complexity index is 354. The van der Waals surface area contributed by atoms with Gasteiger partial charge < -0.3 is 20.8 Å². The standard InChI is InChI=1S/C20H40N2O4/c1-5-9-11-15(7-3)13-21-19(25)17(23)18(24)20(26)22-14-16(8-4)12-10-6-2/h15-18,23-24H,5-14H2,1-4H3,(H,21,25)(H,22,26). The van der Waals surface area contributed by atoms with E-state index in [1.807, 2.05) is 0 Å². The Morgan fingerprint density at radius 3 is 1.35 bits per heavy atom. The zero-order chi connectivity index (χ0) is 19.9. The Kier molecular flexibility index (Phi) is 14.3. The quantitative estimate of drug-likeness (QED) is 0.355. The first kappa shape index (κ1) is 24.9. The van der Waals surface area contributed by atoms with Gasteiger partial charge in [-0.25, -0.2) is 0 Å². The molecule has 0 aromatic rings. The molecular formula is C20H40N2O4. The average molecular weight is 373 g/mol. The van der Waals surface area contributed by atoms with Gasteiger partial charge in [-0.05, 0) is 24.7 Å². The lowest BCUT2D eigenvalue weighted by Gasteiger charge is -2.21. The van der Waals surface area contributed by atoms with E-state index in [2.05, 4.69) is 38.3 Å². The van der Waals surface area contributed by atoms with Crippen molar-refractivity contribution in [2.45, 2.75) is 91.3 Å². The molecule has 4 unspecified atom stereocenters. The molecule has 0 aliphatic rings. The van der Waals surface area contributed by atoms with E-state index in [-0.39, 0.29) is 0 Å². The highest BCUT2D eigenvalue weighted by atomic mass is 16.3. The van der Waals surface area contributed by atoms with Crippen LogP contribution in [0.5, 0.6) is 0 Å². The number of amides is 2. The molecule has 0 saturated heterocycles. The molecule has 26 heavy (non-hydrogen) atoms. The Morgan fingerprint density at radius 2 is 1.08 bits per heavy atom. The third-order valence-electron chi connectivity index (χ3n) is 5.05. The molecule has 0 rings (SSSR count). The van der Waals surface area contributed by atoms with Crippen molar-refractivity contribution >= 4 is 11.8 Å². The monoisotopic (exact) mass is 372 g/mol. The van der Waals surface area contributed by atoms with Crippen molar-refractivity contribution in [2.24, 2.45) is 11.8 Å². The van der Waals surface area contributed by atoms with Gasteiger partial charge in [0.15, 0.2) is 12.2 Å². The second-order valence-corrected chi connectivity index (χ2v) is 7.21. The van der Waals surface area contributed by atoms with Crippen molar-refractivity contribution in [1.29, 1.82) is 0 Å². The molecule has 2 amide bonds. The van der Waals surface area contributed by atoms with Gasteiger partial charge in [-0.1, -0.05) is 66.2 Å². The largest absolute Gasteiger partial charge is 0.380 e. The minimum Gasteiger partial charge on any atom is -0.380 e. The van der Waals surface area contributed by atoms with E-state index in [1.54, 1.807) is 0 Å². The lowest BCUT2D eigenvalue weighted by Crippen LogP contribution is -2.50. The van der Waals surface area contributed by atoms with E-state index in [9.17, 15) is 19.8 Å². The number of hydrogen-bond acceptors (Lipinski definition) is 4. The summed E-state index contributed by atoms with van der Waals surface area (Å²) in [4.78, 5) is 24.0. The molecule has 4 N–H and O–H groups in total. The summed E-state index contributed by atoms with van der Waals surface area (Å²) in [7, 11) is 0. The number of carbonyl (C=O) groups excluding carboxylic acids is 2. The number of nitrogens with one attached hydrogen (secondary N) is 2. The van der Waals surface area contributed by atoms with Gasteiger partial charge in [0.05, 0.1) is 0 Å². The van der Waals surface area contributed by atoms with Crippen LogP contribution in [-0.4, -0.2) is 47.3 Å². The van der Waals surface area contributed by atoms with E-state index in [0.29, 0.717) is 24.9 Å². The van der Waals surface area contributed by atoms with Crippen molar-refractivity contribution < 1.29 is 19.8 Å². The second-order valence-electron chi connectivity index (χ2n) is 7.21. The molecule has 0 heterocycles. The van der Waals surface area contributed by atoms with Gasteiger partial charge in [0.2, 0.25) is 0 Å². The molecule has 0 fully saturated rings. The molecule has 4 atom stereocenters. The van der Waals surface area contributed by atoms with Crippen molar-refractivity contribution in [2.75, 3.05) is 13.1 Å². The smallest absolute Gasteiger partial charge is 0.252 e. The van der Waals surface area contributed by atoms with Crippen LogP contribution in [0.4, 0.5) is 0 Å². The Morgan fingerprint density at radius 1 is 0.731 bits per heavy atom. The van der Waals surface area contributed by atoms with E-state index in [0.717, 1.165) is 51.4 Å². The fourth-order valence-corrected chi connectivity index (χ4v) is 2.87. The van der Waals surface area contributed by atoms with Crippen molar-refractivity contribution in [1.82, 2.24) is 10.6 Å². The number of unbranched alkanes of at least 4 members (excludes halogenated alkanes) is 2. The molecule has 0 aliphatic carbocycles. The van der Waals surface area contributed by atoms with Crippen molar-refractivity contribution in [3.8, 4) is 0 Å². The van der Waals surface area contributed by atoms with E-state index >= 15 is 0 Å². The van der Waals surface area contributed by atoms with E-state index < -0.39 is 24.0 Å². The molecular weight excluding hydrogens is 332 g/mol. The van der Waals surface area contributed by atoms with Crippen molar-refractivity contribution in [3.05, 3.63) is 0 Å². The first-order valence-electron chi connectivity index (χ1n) is 10.3. The lowest BCUT2D eigenvalue weighted by atomic mass is 9.99. The maximum atomic E-state index is 12.0. The first-order chi connectivity index (χ1) is 12.4. The van der Waals surface area contributed by atoms with Crippen LogP contribution in [0.2, 0.25) is 0 Å². The van der Waals surface area contributed by atoms with Gasteiger partial charge >= 0.3 is 0 Å². The lowest BCUT2D eigenvalue weighted by molar-refractivity contribution is -0.146. The Hall–Kier alpha value is -1.14. The fraction of sp³-hybridized carbons (Fsp3) is 0.900. The van der Waals surface area contributed by atoms with Crippen LogP contribution in [0.1, 0.15) is 79.1 Å². The van der Waals surface area contributed by atoms with Gasteiger partial charge in [-0.2, -0.15) is 0 Å². The molecule has 0 saturated carbocycles. The molecule has 6 heteroatoms. The van der Waals surface area contributed by atoms with Crippen LogP contribution in [0.25, 0.3) is 0 Å². The highest BCUT2D eigenvalue weighted by Gasteiger charge is 2.30. The van der Waals surface area contributed by atoms with Gasteiger partial charge in [-0.15, -0.1) is 0 Å². The SMILES string of the molecule is CCCCC(CC)CNC(=O)C(O)C(O)C(=O)NCC(CC)CCCC. The molecule has 0 spiro atoms. The predicted molar refractivity (Wildman–Crippen MR) is 105 cm³/mol. The van der Waals surface area contributed by atoms with Crippen molar-refractivity contribution in [3.63, 3.8) is 0 Å². The first-order valence-corrected chi connectivity index (χ1v) is 10.3. The summed E-state index contributed by atoms with van der Waals surface area (Å²) in [5.41, 5.74) is 0. The van der Waals surface area contributed by atoms with Crippen LogP contribution in [0.3, 0.4) is 0 Å². The van der Waals surface area contributed by atoms with Gasteiger partial charge in [0.1, 0.15) is 0 Å². The summed E-state index contributed by atoms with van der Waals surface area (Å²) < 4.78 is 0. The zero-order valence-corrected chi connectivity index (χ0v) is 17.1. The third kappa shape index (κ3) is 10.1. The Balaban J connectivity index is 4.33. The number of aliphatic hydroxyl groups is 2. The number of hydrogen-bond donors (Lipinski definition) is 4. The molecule has 0 bridgehead atoms.